The summed E-state index contributed by atoms with van der Waals surface area (Å²) in [4.78, 5) is 2.45. The Morgan fingerprint density at radius 3 is 1.66 bits per heavy atom. The summed E-state index contributed by atoms with van der Waals surface area (Å²) < 4.78 is 6.96. The van der Waals surface area contributed by atoms with Gasteiger partial charge in [-0.1, -0.05) is 194 Å². The molecule has 0 radical (unpaired) electrons. The zero-order valence-corrected chi connectivity index (χ0v) is 33.9. The van der Waals surface area contributed by atoms with Crippen molar-refractivity contribution in [2.24, 2.45) is 0 Å². The molecule has 2 heteroatoms. The Morgan fingerprint density at radius 2 is 0.855 bits per heavy atom. The molecule has 0 saturated carbocycles. The van der Waals surface area contributed by atoms with Gasteiger partial charge in [0.25, 0.3) is 0 Å². The van der Waals surface area contributed by atoms with E-state index in [-0.39, 0.29) is 0 Å². The van der Waals surface area contributed by atoms with E-state index in [1.54, 1.807) is 0 Å². The molecule has 0 spiro atoms. The molecule has 290 valence electrons. The highest BCUT2D eigenvalue weighted by molar-refractivity contribution is 6.21. The topological polar surface area (TPSA) is 16.4 Å². The number of para-hydroxylation sites is 1. The lowest BCUT2D eigenvalue weighted by molar-refractivity contribution is 0.670. The van der Waals surface area contributed by atoms with Gasteiger partial charge in [-0.2, -0.15) is 0 Å². The summed E-state index contributed by atoms with van der Waals surface area (Å²) in [6.07, 6.45) is 0. The molecule has 0 unspecified atom stereocenters. The summed E-state index contributed by atoms with van der Waals surface area (Å²) in [5.41, 5.74) is 14.3. The molecule has 0 fully saturated rings. The van der Waals surface area contributed by atoms with Gasteiger partial charge in [-0.25, -0.2) is 0 Å². The van der Waals surface area contributed by atoms with Crippen molar-refractivity contribution in [2.75, 3.05) is 4.90 Å². The molecule has 0 aliphatic heterocycles. The van der Waals surface area contributed by atoms with Gasteiger partial charge >= 0.3 is 0 Å². The molecule has 1 heterocycles. The van der Waals surface area contributed by atoms with E-state index < -0.39 is 0 Å². The second kappa shape index (κ2) is 14.8. The van der Waals surface area contributed by atoms with Crippen LogP contribution in [-0.4, -0.2) is 0 Å². The van der Waals surface area contributed by atoms with Gasteiger partial charge in [0.15, 0.2) is 0 Å². The molecule has 0 aliphatic carbocycles. The number of anilines is 3. The van der Waals surface area contributed by atoms with Gasteiger partial charge in [0.1, 0.15) is 11.2 Å². The number of nitrogens with zero attached hydrogens (tertiary/aromatic N) is 1. The summed E-state index contributed by atoms with van der Waals surface area (Å²) in [6.45, 7) is 0. The van der Waals surface area contributed by atoms with Crippen molar-refractivity contribution in [3.8, 4) is 44.5 Å². The first-order chi connectivity index (χ1) is 30.8. The molecule has 0 bridgehead atoms. The average Bonchev–Trinajstić information content (AvgIpc) is 3.75. The SMILES string of the molecule is c1ccc(-c2ccc(-c3ccccc3)c(-c3ccc(N(c4cccc5ccc6ccccc6c45)c4ccc(-c5cccc6ccccc56)c5oc6ccccc6c45)cc3)c2)cc1. The highest BCUT2D eigenvalue weighted by Crippen LogP contribution is 2.49. The Kier molecular flexibility index (Phi) is 8.53. The second-order valence-electron chi connectivity index (χ2n) is 16.0. The fourth-order valence-electron chi connectivity index (χ4n) is 9.56. The third-order valence-corrected chi connectivity index (χ3v) is 12.5. The molecule has 12 rings (SSSR count). The van der Waals surface area contributed by atoms with Crippen LogP contribution in [0.4, 0.5) is 17.1 Å². The summed E-state index contributed by atoms with van der Waals surface area (Å²) in [5, 5.41) is 9.37. The molecule has 62 heavy (non-hydrogen) atoms. The largest absolute Gasteiger partial charge is 0.455 e. The van der Waals surface area contributed by atoms with Gasteiger partial charge in [-0.05, 0) is 108 Å². The fraction of sp³-hybridized carbons (Fsp3) is 0. The summed E-state index contributed by atoms with van der Waals surface area (Å²) in [5.74, 6) is 0. The lowest BCUT2D eigenvalue weighted by Crippen LogP contribution is -2.11. The minimum atomic E-state index is 0.863. The van der Waals surface area contributed by atoms with E-state index in [4.69, 9.17) is 4.42 Å². The normalized spacial score (nSPS) is 11.5. The number of rotatable bonds is 7. The van der Waals surface area contributed by atoms with Crippen LogP contribution in [0.2, 0.25) is 0 Å². The number of benzene rings is 11. The molecule has 12 aromatic rings. The number of hydrogen-bond donors (Lipinski definition) is 0. The smallest absolute Gasteiger partial charge is 0.145 e. The third kappa shape index (κ3) is 5.96. The molecule has 0 atom stereocenters. The van der Waals surface area contributed by atoms with Gasteiger partial charge in [0.2, 0.25) is 0 Å². The Bertz CT molecular complexity index is 3620. The van der Waals surface area contributed by atoms with Crippen molar-refractivity contribution in [3.05, 3.63) is 237 Å². The second-order valence-corrected chi connectivity index (χ2v) is 16.0. The standard InChI is InChI=1S/C60H39NO/c1-3-15-40(16-4-1)46-33-36-49(41-17-5-2-6-18-41)54(39-46)44-31-34-47(35-32-44)61(55-27-14-22-45-30-29-43-20-8-10-24-50(43)58(45)55)56-38-37-52(51-26-13-21-42-19-7-9-23-48(42)51)60-59(56)53-25-11-12-28-57(53)62-60/h1-39H. The van der Waals surface area contributed by atoms with Crippen molar-refractivity contribution in [3.63, 3.8) is 0 Å². The van der Waals surface area contributed by atoms with Crippen LogP contribution in [0.25, 0.3) is 98.8 Å². The highest BCUT2D eigenvalue weighted by atomic mass is 16.3. The van der Waals surface area contributed by atoms with E-state index in [9.17, 15) is 0 Å². The van der Waals surface area contributed by atoms with Crippen molar-refractivity contribution >= 4 is 71.3 Å². The van der Waals surface area contributed by atoms with Crippen LogP contribution < -0.4 is 4.90 Å². The van der Waals surface area contributed by atoms with E-state index in [0.717, 1.165) is 55.7 Å². The number of furan rings is 1. The third-order valence-electron chi connectivity index (χ3n) is 12.5. The van der Waals surface area contributed by atoms with Crippen LogP contribution in [0.3, 0.4) is 0 Å². The fourth-order valence-corrected chi connectivity index (χ4v) is 9.56. The zero-order chi connectivity index (χ0) is 41.0. The van der Waals surface area contributed by atoms with Crippen LogP contribution in [0, 0.1) is 0 Å². The van der Waals surface area contributed by atoms with E-state index in [0.29, 0.717) is 0 Å². The molecule has 1 aromatic heterocycles. The first-order valence-corrected chi connectivity index (χ1v) is 21.3. The summed E-state index contributed by atoms with van der Waals surface area (Å²) in [7, 11) is 0. The first kappa shape index (κ1) is 35.7. The van der Waals surface area contributed by atoms with E-state index in [1.165, 1.54) is 60.1 Å². The van der Waals surface area contributed by atoms with Crippen molar-refractivity contribution in [1.29, 1.82) is 0 Å². The molecule has 2 nitrogen and oxygen atoms in total. The monoisotopic (exact) mass is 789 g/mol. The predicted octanol–water partition coefficient (Wildman–Crippen LogP) is 17.2. The molecule has 0 aliphatic rings. The van der Waals surface area contributed by atoms with Crippen LogP contribution >= 0.6 is 0 Å². The summed E-state index contributed by atoms with van der Waals surface area (Å²) >= 11 is 0. The van der Waals surface area contributed by atoms with Crippen molar-refractivity contribution in [2.45, 2.75) is 0 Å². The van der Waals surface area contributed by atoms with Crippen molar-refractivity contribution in [1.82, 2.24) is 0 Å². The molecular weight excluding hydrogens is 751 g/mol. The minimum absolute atomic E-state index is 0.863. The quantitative estimate of drug-likeness (QED) is 0.150. The molecular formula is C60H39NO. The maximum absolute atomic E-state index is 6.96. The average molecular weight is 790 g/mol. The Morgan fingerprint density at radius 1 is 0.290 bits per heavy atom. The van der Waals surface area contributed by atoms with E-state index >= 15 is 0 Å². The lowest BCUT2D eigenvalue weighted by atomic mass is 9.91. The van der Waals surface area contributed by atoms with Gasteiger partial charge in [-0.15, -0.1) is 0 Å². The van der Waals surface area contributed by atoms with Gasteiger partial charge in [0.05, 0.1) is 16.8 Å². The lowest BCUT2D eigenvalue weighted by Gasteiger charge is -2.28. The maximum atomic E-state index is 6.96. The van der Waals surface area contributed by atoms with Gasteiger partial charge < -0.3 is 9.32 Å². The van der Waals surface area contributed by atoms with Crippen LogP contribution in [0.15, 0.2) is 241 Å². The Labute approximate surface area is 360 Å². The maximum Gasteiger partial charge on any atom is 0.145 e. The van der Waals surface area contributed by atoms with Crippen LogP contribution in [0.1, 0.15) is 0 Å². The number of hydrogen-bond acceptors (Lipinski definition) is 2. The van der Waals surface area contributed by atoms with E-state index in [1.807, 2.05) is 0 Å². The van der Waals surface area contributed by atoms with Gasteiger partial charge in [-0.3, -0.25) is 0 Å². The first-order valence-electron chi connectivity index (χ1n) is 21.3. The minimum Gasteiger partial charge on any atom is -0.455 e. The molecule has 0 saturated heterocycles. The number of fused-ring (bicyclic) bond motifs is 7. The highest BCUT2D eigenvalue weighted by Gasteiger charge is 2.24. The summed E-state index contributed by atoms with van der Waals surface area (Å²) in [6, 6.07) is 85.4. The predicted molar refractivity (Wildman–Crippen MR) is 263 cm³/mol. The van der Waals surface area contributed by atoms with E-state index in [2.05, 4.69) is 241 Å². The van der Waals surface area contributed by atoms with Crippen molar-refractivity contribution < 1.29 is 4.42 Å². The van der Waals surface area contributed by atoms with Crippen LogP contribution in [-0.2, 0) is 0 Å². The Balaban J connectivity index is 1.12. The van der Waals surface area contributed by atoms with Crippen LogP contribution in [0.5, 0.6) is 0 Å². The zero-order valence-electron chi connectivity index (χ0n) is 33.9. The molecule has 11 aromatic carbocycles. The Hall–Kier alpha value is -8.20. The van der Waals surface area contributed by atoms with Gasteiger partial charge in [0, 0.05) is 22.0 Å². The molecule has 0 N–H and O–H groups in total. The molecule has 0 amide bonds.